The lowest BCUT2D eigenvalue weighted by molar-refractivity contribution is -0.137. The molecule has 0 spiro atoms. The fourth-order valence-electron chi connectivity index (χ4n) is 2.80. The Morgan fingerprint density at radius 3 is 1.93 bits per heavy atom. The molecular formula is C22H18F3NO. The Bertz CT molecular complexity index is 901. The van der Waals surface area contributed by atoms with E-state index in [0.717, 1.165) is 28.8 Å². The first-order valence-corrected chi connectivity index (χ1v) is 8.42. The van der Waals surface area contributed by atoms with Crippen LogP contribution in [0.25, 0.3) is 11.1 Å². The SMILES string of the molecule is CN(Cc1ccc(-c2ccccc2)cc1)C(=O)c1ccc(C(F)(F)F)cc1. The lowest BCUT2D eigenvalue weighted by Gasteiger charge is -2.18. The molecule has 1 amide bonds. The number of benzene rings is 3. The van der Waals surface area contributed by atoms with Crippen LogP contribution in [0.2, 0.25) is 0 Å². The molecule has 3 aromatic rings. The van der Waals surface area contributed by atoms with Crippen LogP contribution in [0, 0.1) is 0 Å². The second-order valence-corrected chi connectivity index (χ2v) is 6.30. The molecule has 138 valence electrons. The monoisotopic (exact) mass is 369 g/mol. The number of hydrogen-bond acceptors (Lipinski definition) is 1. The molecule has 0 atom stereocenters. The molecule has 0 radical (unpaired) electrons. The van der Waals surface area contributed by atoms with Crippen molar-refractivity contribution in [3.05, 3.63) is 95.6 Å². The molecule has 0 aliphatic carbocycles. The maximum atomic E-state index is 12.6. The van der Waals surface area contributed by atoms with Crippen LogP contribution < -0.4 is 0 Å². The highest BCUT2D eigenvalue weighted by Gasteiger charge is 2.30. The van der Waals surface area contributed by atoms with Gasteiger partial charge in [0.1, 0.15) is 0 Å². The Balaban J connectivity index is 1.67. The normalized spacial score (nSPS) is 11.3. The van der Waals surface area contributed by atoms with Gasteiger partial charge in [-0.05, 0) is 41.0 Å². The number of alkyl halides is 3. The maximum absolute atomic E-state index is 12.6. The third-order valence-corrected chi connectivity index (χ3v) is 4.29. The number of halogens is 3. The van der Waals surface area contributed by atoms with Gasteiger partial charge in [-0.15, -0.1) is 0 Å². The van der Waals surface area contributed by atoms with Crippen molar-refractivity contribution in [1.29, 1.82) is 0 Å². The minimum Gasteiger partial charge on any atom is -0.337 e. The number of carbonyl (C=O) groups is 1. The van der Waals surface area contributed by atoms with Crippen LogP contribution in [-0.4, -0.2) is 17.9 Å². The van der Waals surface area contributed by atoms with E-state index >= 15 is 0 Å². The second kappa shape index (κ2) is 7.66. The molecule has 0 unspecified atom stereocenters. The summed E-state index contributed by atoms with van der Waals surface area (Å²) in [5.41, 5.74) is 2.59. The van der Waals surface area contributed by atoms with Crippen molar-refractivity contribution in [3.8, 4) is 11.1 Å². The van der Waals surface area contributed by atoms with Crippen LogP contribution >= 0.6 is 0 Å². The predicted molar refractivity (Wildman–Crippen MR) is 99.1 cm³/mol. The number of carbonyl (C=O) groups excluding carboxylic acids is 1. The number of hydrogen-bond donors (Lipinski definition) is 0. The molecule has 0 fully saturated rings. The topological polar surface area (TPSA) is 20.3 Å². The average Bonchev–Trinajstić information content (AvgIpc) is 2.68. The van der Waals surface area contributed by atoms with Gasteiger partial charge in [-0.25, -0.2) is 0 Å². The van der Waals surface area contributed by atoms with E-state index in [-0.39, 0.29) is 11.5 Å². The van der Waals surface area contributed by atoms with Crippen molar-refractivity contribution < 1.29 is 18.0 Å². The van der Waals surface area contributed by atoms with Crippen LogP contribution in [0.3, 0.4) is 0 Å². The summed E-state index contributed by atoms with van der Waals surface area (Å²) in [4.78, 5) is 13.9. The van der Waals surface area contributed by atoms with Crippen molar-refractivity contribution >= 4 is 5.91 Å². The zero-order chi connectivity index (χ0) is 19.4. The summed E-state index contributed by atoms with van der Waals surface area (Å²) in [5, 5.41) is 0. The summed E-state index contributed by atoms with van der Waals surface area (Å²) in [6.45, 7) is 0.370. The number of rotatable bonds is 4. The Hall–Kier alpha value is -3.08. The minimum atomic E-state index is -4.41. The number of nitrogens with zero attached hydrogens (tertiary/aromatic N) is 1. The Morgan fingerprint density at radius 1 is 0.815 bits per heavy atom. The predicted octanol–water partition coefficient (Wildman–Crippen LogP) is 5.64. The lowest BCUT2D eigenvalue weighted by atomic mass is 10.0. The van der Waals surface area contributed by atoms with Crippen molar-refractivity contribution in [1.82, 2.24) is 4.90 Å². The molecule has 0 bridgehead atoms. The molecular weight excluding hydrogens is 351 g/mol. The Morgan fingerprint density at radius 2 is 1.37 bits per heavy atom. The molecule has 27 heavy (non-hydrogen) atoms. The fourth-order valence-corrected chi connectivity index (χ4v) is 2.80. The molecule has 0 saturated carbocycles. The van der Waals surface area contributed by atoms with Crippen LogP contribution in [0.1, 0.15) is 21.5 Å². The van der Waals surface area contributed by atoms with Crippen molar-refractivity contribution in [3.63, 3.8) is 0 Å². The van der Waals surface area contributed by atoms with E-state index in [2.05, 4.69) is 0 Å². The van der Waals surface area contributed by atoms with Gasteiger partial charge in [0, 0.05) is 19.2 Å². The molecule has 0 aliphatic rings. The van der Waals surface area contributed by atoms with Crippen molar-refractivity contribution in [2.24, 2.45) is 0 Å². The summed E-state index contributed by atoms with van der Waals surface area (Å²) in [7, 11) is 1.63. The Kier molecular flexibility index (Phi) is 5.31. The molecule has 2 nitrogen and oxygen atoms in total. The van der Waals surface area contributed by atoms with Gasteiger partial charge in [0.2, 0.25) is 0 Å². The van der Waals surface area contributed by atoms with Crippen LogP contribution in [0.5, 0.6) is 0 Å². The van der Waals surface area contributed by atoms with Crippen LogP contribution in [0.4, 0.5) is 13.2 Å². The van der Waals surface area contributed by atoms with E-state index in [9.17, 15) is 18.0 Å². The van der Waals surface area contributed by atoms with E-state index in [1.54, 1.807) is 7.05 Å². The van der Waals surface area contributed by atoms with E-state index in [1.165, 1.54) is 17.0 Å². The Labute approximate surface area is 155 Å². The zero-order valence-electron chi connectivity index (χ0n) is 14.7. The average molecular weight is 369 g/mol. The second-order valence-electron chi connectivity index (χ2n) is 6.30. The van der Waals surface area contributed by atoms with Gasteiger partial charge in [0.25, 0.3) is 5.91 Å². The van der Waals surface area contributed by atoms with Gasteiger partial charge in [0.15, 0.2) is 0 Å². The summed E-state index contributed by atoms with van der Waals surface area (Å²) in [5.74, 6) is -0.323. The highest BCUT2D eigenvalue weighted by molar-refractivity contribution is 5.94. The third kappa shape index (κ3) is 4.56. The van der Waals surface area contributed by atoms with Crippen molar-refractivity contribution in [2.45, 2.75) is 12.7 Å². The minimum absolute atomic E-state index is 0.228. The van der Waals surface area contributed by atoms with Gasteiger partial charge in [0.05, 0.1) is 5.56 Å². The van der Waals surface area contributed by atoms with E-state index in [0.29, 0.717) is 6.54 Å². The van der Waals surface area contributed by atoms with E-state index < -0.39 is 11.7 Å². The van der Waals surface area contributed by atoms with Gasteiger partial charge >= 0.3 is 6.18 Å². The third-order valence-electron chi connectivity index (χ3n) is 4.29. The summed E-state index contributed by atoms with van der Waals surface area (Å²) >= 11 is 0. The largest absolute Gasteiger partial charge is 0.416 e. The summed E-state index contributed by atoms with van der Waals surface area (Å²) < 4.78 is 37.9. The molecule has 5 heteroatoms. The molecule has 0 saturated heterocycles. The van der Waals surface area contributed by atoms with Gasteiger partial charge in [-0.2, -0.15) is 13.2 Å². The lowest BCUT2D eigenvalue weighted by Crippen LogP contribution is -2.26. The van der Waals surface area contributed by atoms with Gasteiger partial charge in [-0.1, -0.05) is 54.6 Å². The van der Waals surface area contributed by atoms with Crippen LogP contribution in [-0.2, 0) is 12.7 Å². The van der Waals surface area contributed by atoms with Crippen molar-refractivity contribution in [2.75, 3.05) is 7.05 Å². The van der Waals surface area contributed by atoms with Gasteiger partial charge < -0.3 is 4.90 Å². The molecule has 0 heterocycles. The summed E-state index contributed by atoms with van der Waals surface area (Å²) in [6, 6.07) is 22.1. The molecule has 0 N–H and O–H groups in total. The highest BCUT2D eigenvalue weighted by atomic mass is 19.4. The first-order chi connectivity index (χ1) is 12.8. The first kappa shape index (κ1) is 18.7. The molecule has 0 aliphatic heterocycles. The maximum Gasteiger partial charge on any atom is 0.416 e. The van der Waals surface area contributed by atoms with E-state index in [1.807, 2.05) is 54.6 Å². The van der Waals surface area contributed by atoms with E-state index in [4.69, 9.17) is 0 Å². The highest BCUT2D eigenvalue weighted by Crippen LogP contribution is 2.29. The molecule has 3 aromatic carbocycles. The standard InChI is InChI=1S/C22H18F3NO/c1-26(21(27)19-11-13-20(14-12-19)22(23,24)25)15-16-7-9-18(10-8-16)17-5-3-2-4-6-17/h2-14H,15H2,1H3. The zero-order valence-corrected chi connectivity index (χ0v) is 14.7. The summed E-state index contributed by atoms with van der Waals surface area (Å²) in [6.07, 6.45) is -4.41. The molecule has 3 rings (SSSR count). The first-order valence-electron chi connectivity index (χ1n) is 8.42. The fraction of sp³-hybridized carbons (Fsp3) is 0.136. The van der Waals surface area contributed by atoms with Gasteiger partial charge in [-0.3, -0.25) is 4.79 Å². The smallest absolute Gasteiger partial charge is 0.337 e. The number of amides is 1. The van der Waals surface area contributed by atoms with Crippen LogP contribution in [0.15, 0.2) is 78.9 Å². The quantitative estimate of drug-likeness (QED) is 0.582. The molecule has 0 aromatic heterocycles.